The highest BCUT2D eigenvalue weighted by molar-refractivity contribution is 5.78. The summed E-state index contributed by atoms with van der Waals surface area (Å²) in [5, 5.41) is 0. The quantitative estimate of drug-likeness (QED) is 0.797. The normalized spacial score (nSPS) is 21.1. The fourth-order valence-corrected chi connectivity index (χ4v) is 4.41. The van der Waals surface area contributed by atoms with Gasteiger partial charge in [-0.25, -0.2) is 4.98 Å². The van der Waals surface area contributed by atoms with Gasteiger partial charge in [-0.15, -0.1) is 0 Å². The number of benzene rings is 1. The molecule has 0 aliphatic carbocycles. The predicted octanol–water partition coefficient (Wildman–Crippen LogP) is 2.25. The van der Waals surface area contributed by atoms with E-state index in [1.165, 1.54) is 17.7 Å². The van der Waals surface area contributed by atoms with Crippen LogP contribution in [0, 0.1) is 12.8 Å². The summed E-state index contributed by atoms with van der Waals surface area (Å²) in [6, 6.07) is 8.69. The number of piperidine rings is 1. The predicted molar refractivity (Wildman–Crippen MR) is 111 cm³/mol. The van der Waals surface area contributed by atoms with Gasteiger partial charge in [0.05, 0.1) is 12.9 Å². The number of hydrogen-bond donors (Lipinski definition) is 0. The largest absolute Gasteiger partial charge is 0.369 e. The zero-order chi connectivity index (χ0) is 19.3. The molecule has 0 spiro atoms. The van der Waals surface area contributed by atoms with Crippen molar-refractivity contribution >= 4 is 11.6 Å². The summed E-state index contributed by atoms with van der Waals surface area (Å²) in [6.45, 7) is 9.30. The van der Waals surface area contributed by atoms with E-state index >= 15 is 0 Å². The number of piperazine rings is 1. The smallest absolute Gasteiger partial charge is 0.236 e. The van der Waals surface area contributed by atoms with Crippen molar-refractivity contribution < 1.29 is 4.79 Å². The standard InChI is InChI=1S/C22H31N5O/c1-19-4-2-6-21(14-19)26-12-10-24(11-13-26)17-22(28)27-8-3-5-20(16-27)15-25-9-7-23-18-25/h2,4,6-7,9,14,18,20H,3,5,8,10-13,15-17H2,1H3/t20-/m1/s1. The van der Waals surface area contributed by atoms with Crippen LogP contribution in [0.25, 0.3) is 0 Å². The van der Waals surface area contributed by atoms with E-state index in [2.05, 4.69) is 55.4 Å². The van der Waals surface area contributed by atoms with Crippen LogP contribution in [-0.4, -0.2) is 71.1 Å². The molecule has 3 heterocycles. The van der Waals surface area contributed by atoms with Gasteiger partial charge in [-0.05, 0) is 43.4 Å². The number of hydrogen-bond acceptors (Lipinski definition) is 4. The number of carbonyl (C=O) groups is 1. The summed E-state index contributed by atoms with van der Waals surface area (Å²) >= 11 is 0. The van der Waals surface area contributed by atoms with Crippen molar-refractivity contribution in [2.75, 3.05) is 50.7 Å². The Bertz CT molecular complexity index is 767. The van der Waals surface area contributed by atoms with Crippen LogP contribution in [0.3, 0.4) is 0 Å². The second kappa shape index (κ2) is 8.78. The van der Waals surface area contributed by atoms with Crippen LogP contribution in [-0.2, 0) is 11.3 Å². The van der Waals surface area contributed by atoms with E-state index in [0.717, 1.165) is 52.2 Å². The van der Waals surface area contributed by atoms with Gasteiger partial charge < -0.3 is 14.4 Å². The molecule has 2 aromatic rings. The van der Waals surface area contributed by atoms with E-state index in [1.54, 1.807) is 0 Å². The highest BCUT2D eigenvalue weighted by Gasteiger charge is 2.26. The van der Waals surface area contributed by atoms with E-state index in [-0.39, 0.29) is 0 Å². The fraction of sp³-hybridized carbons (Fsp3) is 0.545. The minimum atomic E-state index is 0.291. The molecule has 0 saturated carbocycles. The minimum Gasteiger partial charge on any atom is -0.369 e. The lowest BCUT2D eigenvalue weighted by atomic mass is 9.98. The number of aryl methyl sites for hydroxylation is 1. The molecule has 1 aromatic heterocycles. The van der Waals surface area contributed by atoms with Crippen molar-refractivity contribution in [1.82, 2.24) is 19.4 Å². The second-order valence-corrected chi connectivity index (χ2v) is 8.21. The Labute approximate surface area is 167 Å². The van der Waals surface area contributed by atoms with Crippen LogP contribution in [0.1, 0.15) is 18.4 Å². The van der Waals surface area contributed by atoms with Gasteiger partial charge in [-0.2, -0.15) is 0 Å². The molecule has 1 amide bonds. The minimum absolute atomic E-state index is 0.291. The first-order chi connectivity index (χ1) is 13.7. The fourth-order valence-electron chi connectivity index (χ4n) is 4.41. The number of likely N-dealkylation sites (tertiary alicyclic amines) is 1. The maximum Gasteiger partial charge on any atom is 0.236 e. The van der Waals surface area contributed by atoms with E-state index in [9.17, 15) is 4.79 Å². The number of aromatic nitrogens is 2. The van der Waals surface area contributed by atoms with Gasteiger partial charge in [-0.1, -0.05) is 12.1 Å². The molecule has 1 aromatic carbocycles. The first-order valence-electron chi connectivity index (χ1n) is 10.4. The van der Waals surface area contributed by atoms with Crippen LogP contribution in [0.2, 0.25) is 0 Å². The Hall–Kier alpha value is -2.34. The molecule has 0 unspecified atom stereocenters. The van der Waals surface area contributed by atoms with Crippen molar-refractivity contribution in [3.63, 3.8) is 0 Å². The lowest BCUT2D eigenvalue weighted by molar-refractivity contribution is -0.134. The van der Waals surface area contributed by atoms with Crippen molar-refractivity contribution in [3.8, 4) is 0 Å². The van der Waals surface area contributed by atoms with Gasteiger partial charge in [0.15, 0.2) is 0 Å². The summed E-state index contributed by atoms with van der Waals surface area (Å²) in [4.78, 5) is 23.8. The number of nitrogens with zero attached hydrogens (tertiary/aromatic N) is 5. The Kier molecular flexibility index (Phi) is 5.95. The highest BCUT2D eigenvalue weighted by atomic mass is 16.2. The van der Waals surface area contributed by atoms with Crippen LogP contribution in [0.5, 0.6) is 0 Å². The van der Waals surface area contributed by atoms with Gasteiger partial charge in [0, 0.05) is 63.9 Å². The van der Waals surface area contributed by atoms with Gasteiger partial charge in [0.25, 0.3) is 0 Å². The maximum atomic E-state index is 12.9. The monoisotopic (exact) mass is 381 g/mol. The molecule has 0 bridgehead atoms. The van der Waals surface area contributed by atoms with E-state index in [4.69, 9.17) is 0 Å². The molecule has 0 N–H and O–H groups in total. The number of rotatable bonds is 5. The van der Waals surface area contributed by atoms with E-state index in [0.29, 0.717) is 18.4 Å². The van der Waals surface area contributed by atoms with Crippen LogP contribution in [0.4, 0.5) is 5.69 Å². The molecule has 4 rings (SSSR count). The number of imidazole rings is 1. The van der Waals surface area contributed by atoms with Crippen LogP contribution < -0.4 is 4.90 Å². The zero-order valence-corrected chi connectivity index (χ0v) is 16.8. The Morgan fingerprint density at radius 2 is 2.04 bits per heavy atom. The molecule has 150 valence electrons. The third-order valence-corrected chi connectivity index (χ3v) is 6.00. The first kappa shape index (κ1) is 19.0. The lowest BCUT2D eigenvalue weighted by Crippen LogP contribution is -2.51. The number of amides is 1. The molecule has 6 nitrogen and oxygen atoms in total. The second-order valence-electron chi connectivity index (χ2n) is 8.21. The van der Waals surface area contributed by atoms with Gasteiger partial charge in [-0.3, -0.25) is 9.69 Å². The molecule has 2 fully saturated rings. The lowest BCUT2D eigenvalue weighted by Gasteiger charge is -2.38. The summed E-state index contributed by atoms with van der Waals surface area (Å²) in [6.07, 6.45) is 7.99. The molecule has 28 heavy (non-hydrogen) atoms. The van der Waals surface area contributed by atoms with E-state index in [1.807, 2.05) is 18.7 Å². The number of carbonyl (C=O) groups excluding carboxylic acids is 1. The van der Waals surface area contributed by atoms with Crippen molar-refractivity contribution in [3.05, 3.63) is 48.5 Å². The maximum absolute atomic E-state index is 12.9. The van der Waals surface area contributed by atoms with Crippen molar-refractivity contribution in [2.45, 2.75) is 26.3 Å². The zero-order valence-electron chi connectivity index (χ0n) is 16.8. The van der Waals surface area contributed by atoms with Crippen LogP contribution in [0.15, 0.2) is 43.0 Å². The van der Waals surface area contributed by atoms with Crippen molar-refractivity contribution in [1.29, 1.82) is 0 Å². The highest BCUT2D eigenvalue weighted by Crippen LogP contribution is 2.20. The molecule has 2 saturated heterocycles. The molecule has 2 aliphatic rings. The summed E-state index contributed by atoms with van der Waals surface area (Å²) in [5.74, 6) is 0.824. The molecule has 6 heteroatoms. The third kappa shape index (κ3) is 4.73. The average Bonchev–Trinajstić information content (AvgIpc) is 3.22. The first-order valence-corrected chi connectivity index (χ1v) is 10.4. The SMILES string of the molecule is Cc1cccc(N2CCN(CC(=O)N3CCC[C@H](Cn4ccnc4)C3)CC2)c1. The van der Waals surface area contributed by atoms with Crippen LogP contribution >= 0.6 is 0 Å². The summed E-state index contributed by atoms with van der Waals surface area (Å²) in [7, 11) is 0. The molecular weight excluding hydrogens is 350 g/mol. The Morgan fingerprint density at radius 1 is 1.18 bits per heavy atom. The summed E-state index contributed by atoms with van der Waals surface area (Å²) < 4.78 is 2.13. The molecule has 2 aliphatic heterocycles. The third-order valence-electron chi connectivity index (χ3n) is 6.00. The van der Waals surface area contributed by atoms with Gasteiger partial charge >= 0.3 is 0 Å². The Balaban J connectivity index is 1.25. The topological polar surface area (TPSA) is 44.6 Å². The number of anilines is 1. The van der Waals surface area contributed by atoms with Gasteiger partial charge in [0.2, 0.25) is 5.91 Å². The van der Waals surface area contributed by atoms with Gasteiger partial charge in [0.1, 0.15) is 0 Å². The van der Waals surface area contributed by atoms with Crippen molar-refractivity contribution in [2.24, 2.45) is 5.92 Å². The summed E-state index contributed by atoms with van der Waals surface area (Å²) in [5.41, 5.74) is 2.59. The molecule has 0 radical (unpaired) electrons. The van der Waals surface area contributed by atoms with E-state index < -0.39 is 0 Å². The molecule has 1 atom stereocenters. The Morgan fingerprint density at radius 3 is 2.79 bits per heavy atom. The average molecular weight is 382 g/mol. The molecular formula is C22H31N5O.